The molecule has 2 aromatic carbocycles. The molecule has 0 radical (unpaired) electrons. The number of rotatable bonds is 6. The predicted octanol–water partition coefficient (Wildman–Crippen LogP) is 5.02. The average molecular weight is 306 g/mol. The molecule has 1 aromatic heterocycles. The van der Waals surface area contributed by atoms with Crippen LogP contribution in [0.25, 0.3) is 23.2 Å². The second kappa shape index (κ2) is 7.14. The summed E-state index contributed by atoms with van der Waals surface area (Å²) in [6, 6.07) is 16.4. The van der Waals surface area contributed by atoms with E-state index >= 15 is 0 Å². The molecule has 3 aromatic rings. The normalized spacial score (nSPS) is 11.4. The lowest BCUT2D eigenvalue weighted by molar-refractivity contribution is 0.415. The number of fused-ring (bicyclic) bond motifs is 1. The summed E-state index contributed by atoms with van der Waals surface area (Å²) < 4.78 is 7.50. The lowest BCUT2D eigenvalue weighted by Crippen LogP contribution is -2.00. The van der Waals surface area contributed by atoms with Gasteiger partial charge in [0, 0.05) is 6.54 Å². The maximum Gasteiger partial charge on any atom is 0.133 e. The molecule has 0 amide bonds. The van der Waals surface area contributed by atoms with Crippen LogP contribution < -0.4 is 4.74 Å². The van der Waals surface area contributed by atoms with Crippen LogP contribution in [0.1, 0.15) is 31.2 Å². The van der Waals surface area contributed by atoms with Crippen molar-refractivity contribution in [3.8, 4) is 5.75 Å². The molecular formula is C20H22N2O. The van der Waals surface area contributed by atoms with E-state index in [1.54, 1.807) is 7.11 Å². The number of imidazole rings is 1. The van der Waals surface area contributed by atoms with E-state index in [0.717, 1.165) is 35.6 Å². The van der Waals surface area contributed by atoms with E-state index in [9.17, 15) is 0 Å². The molecule has 0 unspecified atom stereocenters. The molecule has 0 N–H and O–H groups in total. The van der Waals surface area contributed by atoms with Crippen LogP contribution in [-0.2, 0) is 6.54 Å². The molecule has 0 saturated heterocycles. The number of hydrogen-bond donors (Lipinski definition) is 0. The highest BCUT2D eigenvalue weighted by Gasteiger charge is 2.07. The van der Waals surface area contributed by atoms with E-state index in [1.165, 1.54) is 11.9 Å². The van der Waals surface area contributed by atoms with Crippen LogP contribution in [0.3, 0.4) is 0 Å². The van der Waals surface area contributed by atoms with Gasteiger partial charge in [0.1, 0.15) is 11.6 Å². The molecule has 23 heavy (non-hydrogen) atoms. The van der Waals surface area contributed by atoms with Crippen molar-refractivity contribution in [3.63, 3.8) is 0 Å². The van der Waals surface area contributed by atoms with Gasteiger partial charge in [-0.2, -0.15) is 0 Å². The Morgan fingerprint density at radius 2 is 1.83 bits per heavy atom. The first-order chi connectivity index (χ1) is 11.3. The van der Waals surface area contributed by atoms with E-state index in [2.05, 4.69) is 41.8 Å². The summed E-state index contributed by atoms with van der Waals surface area (Å²) in [5.74, 6) is 1.88. The van der Waals surface area contributed by atoms with Gasteiger partial charge in [-0.05, 0) is 42.3 Å². The van der Waals surface area contributed by atoms with E-state index < -0.39 is 0 Å². The van der Waals surface area contributed by atoms with E-state index in [1.807, 2.05) is 30.3 Å². The number of methoxy groups -OCH3 is 1. The number of para-hydroxylation sites is 2. The zero-order chi connectivity index (χ0) is 16.1. The summed E-state index contributed by atoms with van der Waals surface area (Å²) in [6.45, 7) is 3.21. The quantitative estimate of drug-likeness (QED) is 0.639. The number of nitrogens with zero attached hydrogens (tertiary/aromatic N) is 2. The molecule has 0 bridgehead atoms. The zero-order valence-electron chi connectivity index (χ0n) is 13.7. The second-order valence-electron chi connectivity index (χ2n) is 5.57. The van der Waals surface area contributed by atoms with Crippen LogP contribution in [0.5, 0.6) is 5.75 Å². The number of hydrogen-bond acceptors (Lipinski definition) is 2. The Kier molecular flexibility index (Phi) is 4.77. The lowest BCUT2D eigenvalue weighted by Gasteiger charge is -2.05. The molecule has 0 atom stereocenters. The Morgan fingerprint density at radius 3 is 2.57 bits per heavy atom. The van der Waals surface area contributed by atoms with Crippen molar-refractivity contribution in [1.82, 2.24) is 9.55 Å². The van der Waals surface area contributed by atoms with Crippen molar-refractivity contribution < 1.29 is 4.74 Å². The number of benzene rings is 2. The van der Waals surface area contributed by atoms with Crippen molar-refractivity contribution in [2.24, 2.45) is 0 Å². The zero-order valence-corrected chi connectivity index (χ0v) is 13.7. The minimum atomic E-state index is 0.873. The molecule has 0 fully saturated rings. The van der Waals surface area contributed by atoms with Crippen LogP contribution in [0.4, 0.5) is 0 Å². The number of aryl methyl sites for hydroxylation is 1. The molecule has 0 aliphatic carbocycles. The summed E-state index contributed by atoms with van der Waals surface area (Å²) in [6.07, 6.45) is 6.53. The van der Waals surface area contributed by atoms with Gasteiger partial charge >= 0.3 is 0 Å². The molecule has 0 spiro atoms. The van der Waals surface area contributed by atoms with Crippen LogP contribution >= 0.6 is 0 Å². The lowest BCUT2D eigenvalue weighted by atomic mass is 10.2. The third-order valence-corrected chi connectivity index (χ3v) is 3.96. The minimum Gasteiger partial charge on any atom is -0.497 e. The van der Waals surface area contributed by atoms with Gasteiger partial charge in [0.2, 0.25) is 0 Å². The van der Waals surface area contributed by atoms with Gasteiger partial charge in [0.25, 0.3) is 0 Å². The fourth-order valence-corrected chi connectivity index (χ4v) is 2.66. The van der Waals surface area contributed by atoms with Gasteiger partial charge in [-0.3, -0.25) is 0 Å². The van der Waals surface area contributed by atoms with Crippen LogP contribution in [0.15, 0.2) is 48.5 Å². The predicted molar refractivity (Wildman–Crippen MR) is 96.6 cm³/mol. The Morgan fingerprint density at radius 1 is 1.04 bits per heavy atom. The largest absolute Gasteiger partial charge is 0.497 e. The third-order valence-electron chi connectivity index (χ3n) is 3.96. The number of ether oxygens (including phenoxy) is 1. The summed E-state index contributed by atoms with van der Waals surface area (Å²) in [4.78, 5) is 4.77. The second-order valence-corrected chi connectivity index (χ2v) is 5.57. The molecule has 1 heterocycles. The van der Waals surface area contributed by atoms with Crippen molar-refractivity contribution in [2.75, 3.05) is 7.11 Å². The van der Waals surface area contributed by atoms with Gasteiger partial charge in [-0.15, -0.1) is 0 Å². The standard InChI is InChI=1S/C20H22N2O/c1-3-4-15-22-19-8-6-5-7-18(19)21-20(22)14-11-16-9-12-17(23-2)13-10-16/h5-14H,3-4,15H2,1-2H3. The van der Waals surface area contributed by atoms with Gasteiger partial charge in [-0.25, -0.2) is 4.98 Å². The molecule has 3 heteroatoms. The van der Waals surface area contributed by atoms with Crippen LogP contribution in [-0.4, -0.2) is 16.7 Å². The maximum absolute atomic E-state index is 5.19. The first kappa shape index (κ1) is 15.3. The highest BCUT2D eigenvalue weighted by Crippen LogP contribution is 2.19. The van der Waals surface area contributed by atoms with Gasteiger partial charge in [0.15, 0.2) is 0 Å². The van der Waals surface area contributed by atoms with Crippen LogP contribution in [0, 0.1) is 0 Å². The number of aromatic nitrogens is 2. The third kappa shape index (κ3) is 3.45. The first-order valence-electron chi connectivity index (χ1n) is 8.09. The van der Waals surface area contributed by atoms with Crippen molar-refractivity contribution >= 4 is 23.2 Å². The smallest absolute Gasteiger partial charge is 0.133 e. The number of unbranched alkanes of at least 4 members (excludes halogenated alkanes) is 1. The summed E-state index contributed by atoms with van der Waals surface area (Å²) in [5.41, 5.74) is 3.40. The molecule has 0 aliphatic rings. The highest BCUT2D eigenvalue weighted by molar-refractivity contribution is 5.79. The van der Waals surface area contributed by atoms with Crippen molar-refractivity contribution in [3.05, 3.63) is 59.9 Å². The first-order valence-corrected chi connectivity index (χ1v) is 8.09. The SMILES string of the molecule is CCCCn1c(C=Cc2ccc(OC)cc2)nc2ccccc21. The Bertz CT molecular complexity index is 800. The van der Waals surface area contributed by atoms with E-state index in [-0.39, 0.29) is 0 Å². The Labute approximate surface area is 137 Å². The fourth-order valence-electron chi connectivity index (χ4n) is 2.66. The van der Waals surface area contributed by atoms with Crippen molar-refractivity contribution in [1.29, 1.82) is 0 Å². The molecule has 118 valence electrons. The van der Waals surface area contributed by atoms with Gasteiger partial charge in [0.05, 0.1) is 18.1 Å². The van der Waals surface area contributed by atoms with E-state index in [4.69, 9.17) is 9.72 Å². The van der Waals surface area contributed by atoms with Gasteiger partial charge in [-0.1, -0.05) is 43.7 Å². The average Bonchev–Trinajstić information content (AvgIpc) is 2.96. The molecule has 3 nitrogen and oxygen atoms in total. The summed E-state index contributed by atoms with van der Waals surface area (Å²) in [7, 11) is 1.68. The fraction of sp³-hybridized carbons (Fsp3) is 0.250. The summed E-state index contributed by atoms with van der Waals surface area (Å²) in [5, 5.41) is 0. The topological polar surface area (TPSA) is 27.1 Å². The monoisotopic (exact) mass is 306 g/mol. The molecule has 3 rings (SSSR count). The molecular weight excluding hydrogens is 284 g/mol. The van der Waals surface area contributed by atoms with Crippen LogP contribution in [0.2, 0.25) is 0 Å². The minimum absolute atomic E-state index is 0.873. The molecule has 0 saturated carbocycles. The highest BCUT2D eigenvalue weighted by atomic mass is 16.5. The van der Waals surface area contributed by atoms with Crippen molar-refractivity contribution in [2.45, 2.75) is 26.3 Å². The van der Waals surface area contributed by atoms with Gasteiger partial charge < -0.3 is 9.30 Å². The maximum atomic E-state index is 5.19. The molecule has 0 aliphatic heterocycles. The van der Waals surface area contributed by atoms with E-state index in [0.29, 0.717) is 0 Å². The Balaban J connectivity index is 1.92. The summed E-state index contributed by atoms with van der Waals surface area (Å²) >= 11 is 0. The Hall–Kier alpha value is -2.55.